The molecule has 3 aromatic rings. The van der Waals surface area contributed by atoms with Gasteiger partial charge in [-0.1, -0.05) is 17.7 Å². The highest BCUT2D eigenvalue weighted by Gasteiger charge is 2.48. The topological polar surface area (TPSA) is 74.8 Å². The highest BCUT2D eigenvalue weighted by molar-refractivity contribution is 6.29. The van der Waals surface area contributed by atoms with Gasteiger partial charge in [0.15, 0.2) is 5.67 Å². The van der Waals surface area contributed by atoms with Crippen LogP contribution in [0.3, 0.4) is 0 Å². The van der Waals surface area contributed by atoms with Crippen molar-refractivity contribution in [3.8, 4) is 11.3 Å². The number of amides is 1. The van der Waals surface area contributed by atoms with Crippen LogP contribution in [0.5, 0.6) is 0 Å². The quantitative estimate of drug-likeness (QED) is 0.714. The second kappa shape index (κ2) is 6.49. The highest BCUT2D eigenvalue weighted by atomic mass is 35.5. The van der Waals surface area contributed by atoms with E-state index in [9.17, 15) is 4.79 Å². The van der Waals surface area contributed by atoms with Crippen LogP contribution in [0.15, 0.2) is 48.9 Å². The number of pyridine rings is 2. The van der Waals surface area contributed by atoms with Gasteiger partial charge in [-0.15, -0.1) is 0 Å². The van der Waals surface area contributed by atoms with Crippen molar-refractivity contribution >= 4 is 23.3 Å². The van der Waals surface area contributed by atoms with Crippen molar-refractivity contribution < 1.29 is 9.18 Å². The number of anilines is 1. The number of nitrogens with one attached hydrogen (secondary N) is 1. The van der Waals surface area contributed by atoms with Crippen LogP contribution in [0.25, 0.3) is 11.3 Å². The van der Waals surface area contributed by atoms with E-state index in [4.69, 9.17) is 11.6 Å². The summed E-state index contributed by atoms with van der Waals surface area (Å²) in [4.78, 5) is 22.0. The number of hydrogen-bond acceptors (Lipinski definition) is 4. The Morgan fingerprint density at radius 3 is 2.81 bits per heavy atom. The first-order valence-corrected chi connectivity index (χ1v) is 8.50. The molecule has 1 aliphatic rings. The number of halogens is 2. The number of carbonyl (C=O) groups excluding carboxylic acids is 1. The molecule has 1 N–H and O–H groups in total. The summed E-state index contributed by atoms with van der Waals surface area (Å²) in [5, 5.41) is 7.37. The number of carbonyl (C=O) groups is 1. The van der Waals surface area contributed by atoms with Crippen LogP contribution in [0.1, 0.15) is 12.0 Å². The Bertz CT molecular complexity index is 930. The third kappa shape index (κ3) is 3.06. The second-order valence-corrected chi connectivity index (χ2v) is 6.60. The van der Waals surface area contributed by atoms with Gasteiger partial charge in [-0.25, -0.2) is 9.37 Å². The van der Waals surface area contributed by atoms with Crippen LogP contribution in [0.2, 0.25) is 5.15 Å². The van der Waals surface area contributed by atoms with Crippen LogP contribution >= 0.6 is 11.6 Å². The molecule has 0 spiro atoms. The minimum absolute atomic E-state index is 0.0299. The predicted octanol–water partition coefficient (Wildman–Crippen LogP) is 3.21. The number of aromatic amines is 1. The molecule has 0 aliphatic carbocycles. The van der Waals surface area contributed by atoms with E-state index in [2.05, 4.69) is 20.2 Å². The summed E-state index contributed by atoms with van der Waals surface area (Å²) in [6.45, 7) is 0.286. The van der Waals surface area contributed by atoms with E-state index >= 15 is 4.39 Å². The molecule has 1 amide bonds. The first kappa shape index (κ1) is 16.7. The molecule has 4 rings (SSSR count). The van der Waals surface area contributed by atoms with Gasteiger partial charge < -0.3 is 0 Å². The standard InChI is InChI=1S/C18H15ClFN5O/c19-15-2-1-12(11-22-15)10-18(20)5-8-25(17(18)26)16-9-14(23-24-16)13-3-6-21-7-4-13/h1-4,6-7,9,11H,5,8,10H2,(H,23,24). The van der Waals surface area contributed by atoms with Crippen molar-refractivity contribution in [3.05, 3.63) is 59.6 Å². The fraction of sp³-hybridized carbons (Fsp3) is 0.222. The molecule has 1 atom stereocenters. The Morgan fingerprint density at radius 1 is 1.27 bits per heavy atom. The molecular weight excluding hydrogens is 357 g/mol. The molecule has 1 fully saturated rings. The fourth-order valence-electron chi connectivity index (χ4n) is 3.09. The van der Waals surface area contributed by atoms with Gasteiger partial charge in [0, 0.05) is 49.6 Å². The second-order valence-electron chi connectivity index (χ2n) is 6.21. The monoisotopic (exact) mass is 371 g/mol. The van der Waals surface area contributed by atoms with E-state index < -0.39 is 11.6 Å². The molecule has 0 radical (unpaired) electrons. The molecule has 26 heavy (non-hydrogen) atoms. The summed E-state index contributed by atoms with van der Waals surface area (Å²) < 4.78 is 15.3. The average molecular weight is 372 g/mol. The fourth-order valence-corrected chi connectivity index (χ4v) is 3.20. The summed E-state index contributed by atoms with van der Waals surface area (Å²) in [7, 11) is 0. The van der Waals surface area contributed by atoms with Gasteiger partial charge in [-0.2, -0.15) is 5.10 Å². The lowest BCUT2D eigenvalue weighted by Crippen LogP contribution is -2.38. The summed E-state index contributed by atoms with van der Waals surface area (Å²) in [5.41, 5.74) is 0.216. The molecule has 132 valence electrons. The van der Waals surface area contributed by atoms with Gasteiger partial charge in [-0.3, -0.25) is 19.8 Å². The van der Waals surface area contributed by atoms with Crippen molar-refractivity contribution in [3.63, 3.8) is 0 Å². The molecule has 1 unspecified atom stereocenters. The lowest BCUT2D eigenvalue weighted by molar-refractivity contribution is -0.127. The van der Waals surface area contributed by atoms with E-state index in [0.717, 1.165) is 5.56 Å². The van der Waals surface area contributed by atoms with Crippen LogP contribution in [0.4, 0.5) is 10.2 Å². The van der Waals surface area contributed by atoms with Crippen molar-refractivity contribution in [2.45, 2.75) is 18.5 Å². The summed E-state index contributed by atoms with van der Waals surface area (Å²) in [5.74, 6) is -0.0899. The average Bonchev–Trinajstić information content (AvgIpc) is 3.24. The number of rotatable bonds is 4. The molecule has 8 heteroatoms. The molecule has 0 bridgehead atoms. The molecule has 6 nitrogen and oxygen atoms in total. The maximum Gasteiger partial charge on any atom is 0.266 e. The zero-order chi connectivity index (χ0) is 18.1. The maximum atomic E-state index is 15.3. The summed E-state index contributed by atoms with van der Waals surface area (Å²) in [6.07, 6.45) is 4.90. The van der Waals surface area contributed by atoms with E-state index in [1.807, 2.05) is 12.1 Å². The largest absolute Gasteiger partial charge is 0.294 e. The minimum Gasteiger partial charge on any atom is -0.294 e. The SMILES string of the molecule is O=C1N(c2cc(-c3ccncc3)n[nH]2)CCC1(F)Cc1ccc(Cl)nc1. The van der Waals surface area contributed by atoms with Gasteiger partial charge in [0.1, 0.15) is 11.0 Å². The Labute approximate surface area is 154 Å². The lowest BCUT2D eigenvalue weighted by Gasteiger charge is -2.19. The Hall–Kier alpha value is -2.80. The Kier molecular flexibility index (Phi) is 4.16. The highest BCUT2D eigenvalue weighted by Crippen LogP contribution is 2.34. The number of alkyl halides is 1. The van der Waals surface area contributed by atoms with Crippen LogP contribution in [-0.2, 0) is 11.2 Å². The van der Waals surface area contributed by atoms with Crippen molar-refractivity contribution in [2.24, 2.45) is 0 Å². The number of H-pyrrole nitrogens is 1. The molecule has 1 aliphatic heterocycles. The first-order valence-electron chi connectivity index (χ1n) is 8.12. The van der Waals surface area contributed by atoms with E-state index in [0.29, 0.717) is 22.2 Å². The Morgan fingerprint density at radius 2 is 2.08 bits per heavy atom. The van der Waals surface area contributed by atoms with Gasteiger partial charge >= 0.3 is 0 Å². The first-order chi connectivity index (χ1) is 12.5. The minimum atomic E-state index is -1.96. The van der Waals surface area contributed by atoms with Crippen LogP contribution in [0, 0.1) is 0 Å². The zero-order valence-electron chi connectivity index (χ0n) is 13.7. The molecule has 0 saturated carbocycles. The normalized spacial score (nSPS) is 19.9. The predicted molar refractivity (Wildman–Crippen MR) is 95.6 cm³/mol. The van der Waals surface area contributed by atoms with E-state index in [1.165, 1.54) is 11.1 Å². The van der Waals surface area contributed by atoms with Crippen LogP contribution < -0.4 is 4.90 Å². The summed E-state index contributed by atoms with van der Waals surface area (Å²) >= 11 is 5.75. The Balaban J connectivity index is 1.54. The molecular formula is C18H15ClFN5O. The van der Waals surface area contributed by atoms with Gasteiger partial charge in [0.25, 0.3) is 5.91 Å². The van der Waals surface area contributed by atoms with Gasteiger partial charge in [0.05, 0.1) is 5.69 Å². The zero-order valence-corrected chi connectivity index (χ0v) is 14.4. The third-order valence-corrected chi connectivity index (χ3v) is 4.69. The maximum absolute atomic E-state index is 15.3. The number of hydrogen-bond donors (Lipinski definition) is 1. The lowest BCUT2D eigenvalue weighted by atomic mass is 9.96. The molecule has 3 aromatic heterocycles. The molecule has 1 saturated heterocycles. The molecule has 0 aromatic carbocycles. The summed E-state index contributed by atoms with van der Waals surface area (Å²) in [6, 6.07) is 8.65. The molecule has 4 heterocycles. The van der Waals surface area contributed by atoms with Gasteiger partial charge in [0.2, 0.25) is 0 Å². The van der Waals surface area contributed by atoms with Gasteiger partial charge in [-0.05, 0) is 23.8 Å². The van der Waals surface area contributed by atoms with Crippen molar-refractivity contribution in [2.75, 3.05) is 11.4 Å². The third-order valence-electron chi connectivity index (χ3n) is 4.46. The van der Waals surface area contributed by atoms with E-state index in [1.54, 1.807) is 30.6 Å². The number of aromatic nitrogens is 4. The van der Waals surface area contributed by atoms with E-state index in [-0.39, 0.29) is 19.4 Å². The smallest absolute Gasteiger partial charge is 0.266 e. The van der Waals surface area contributed by atoms with Crippen molar-refractivity contribution in [1.82, 2.24) is 20.2 Å². The van der Waals surface area contributed by atoms with Crippen molar-refractivity contribution in [1.29, 1.82) is 0 Å². The van der Waals surface area contributed by atoms with Crippen LogP contribution in [-0.4, -0.2) is 38.3 Å². The number of nitrogens with zero attached hydrogens (tertiary/aromatic N) is 4.